The van der Waals surface area contributed by atoms with Crippen LogP contribution in [-0.4, -0.2) is 22.6 Å². The molecule has 1 heterocycles. The fraction of sp³-hybridized carbons (Fsp3) is 0.321. The van der Waals surface area contributed by atoms with Crippen molar-refractivity contribution in [2.24, 2.45) is 11.5 Å². The van der Waals surface area contributed by atoms with Crippen molar-refractivity contribution in [3.05, 3.63) is 83.6 Å². The number of nitrogens with two attached hydrogens (primary N) is 2. The smallest absolute Gasteiger partial charge is 0.268 e. The number of nitrogens with zero attached hydrogens (tertiary/aromatic N) is 1. The van der Waals surface area contributed by atoms with E-state index in [-0.39, 0.29) is 24.0 Å². The van der Waals surface area contributed by atoms with E-state index in [0.717, 1.165) is 42.1 Å². The van der Waals surface area contributed by atoms with E-state index in [4.69, 9.17) is 11.5 Å². The molecule has 0 spiro atoms. The molecule has 5 nitrogen and oxygen atoms in total. The number of benzene rings is 3. The minimum Gasteiger partial charge on any atom is -0.348 e. The number of nitrogens with one attached hydrogen (secondary N) is 1. The number of fused-ring (bicyclic) bond motifs is 2. The van der Waals surface area contributed by atoms with Crippen LogP contribution in [0.5, 0.6) is 0 Å². The summed E-state index contributed by atoms with van der Waals surface area (Å²) in [7, 11) is 0. The van der Waals surface area contributed by atoms with Crippen molar-refractivity contribution < 1.29 is 4.79 Å². The second-order valence-electron chi connectivity index (χ2n) is 9.45. The van der Waals surface area contributed by atoms with E-state index in [1.165, 1.54) is 16.3 Å². The Morgan fingerprint density at radius 2 is 1.76 bits per heavy atom. The number of amides is 1. The molecule has 1 saturated carbocycles. The van der Waals surface area contributed by atoms with Gasteiger partial charge in [-0.2, -0.15) is 0 Å². The first-order valence-corrected chi connectivity index (χ1v) is 11.9. The second kappa shape index (κ2) is 9.00. The first kappa shape index (κ1) is 21.7. The highest BCUT2D eigenvalue weighted by Gasteiger charge is 2.23. The monoisotopic (exact) mass is 440 g/mol. The van der Waals surface area contributed by atoms with Crippen molar-refractivity contribution >= 4 is 27.6 Å². The van der Waals surface area contributed by atoms with Gasteiger partial charge in [0.1, 0.15) is 5.69 Å². The highest BCUT2D eigenvalue weighted by atomic mass is 16.2. The Labute approximate surface area is 194 Å². The van der Waals surface area contributed by atoms with Gasteiger partial charge in [0, 0.05) is 35.6 Å². The molecule has 170 valence electrons. The number of rotatable bonds is 5. The van der Waals surface area contributed by atoms with Crippen LogP contribution in [0.1, 0.15) is 60.3 Å². The van der Waals surface area contributed by atoms with Gasteiger partial charge in [-0.1, -0.05) is 54.6 Å². The van der Waals surface area contributed by atoms with Gasteiger partial charge in [-0.05, 0) is 66.6 Å². The summed E-state index contributed by atoms with van der Waals surface area (Å²) < 4.78 is 2.15. The van der Waals surface area contributed by atoms with Crippen molar-refractivity contribution in [3.8, 4) is 0 Å². The summed E-state index contributed by atoms with van der Waals surface area (Å²) in [5.74, 6) is -0.0192. The zero-order valence-corrected chi connectivity index (χ0v) is 19.1. The Hall–Kier alpha value is -3.15. The molecular weight excluding hydrogens is 408 g/mol. The van der Waals surface area contributed by atoms with Crippen LogP contribution in [0.2, 0.25) is 0 Å². The molecule has 4 aromatic rings. The summed E-state index contributed by atoms with van der Waals surface area (Å²) >= 11 is 0. The highest BCUT2D eigenvalue weighted by Crippen LogP contribution is 2.27. The van der Waals surface area contributed by atoms with Crippen molar-refractivity contribution in [1.29, 1.82) is 0 Å². The van der Waals surface area contributed by atoms with Crippen molar-refractivity contribution in [1.82, 2.24) is 9.88 Å². The Morgan fingerprint density at radius 3 is 2.55 bits per heavy atom. The van der Waals surface area contributed by atoms with Crippen LogP contribution >= 0.6 is 0 Å². The number of carbonyl (C=O) groups excluding carboxylic acids is 1. The summed E-state index contributed by atoms with van der Waals surface area (Å²) in [6.45, 7) is 2.60. The van der Waals surface area contributed by atoms with Crippen LogP contribution in [0, 0.1) is 0 Å². The Morgan fingerprint density at radius 1 is 1.00 bits per heavy atom. The first-order valence-electron chi connectivity index (χ1n) is 11.9. The largest absolute Gasteiger partial charge is 0.348 e. The van der Waals surface area contributed by atoms with E-state index in [1.807, 2.05) is 13.0 Å². The third-order valence-corrected chi connectivity index (χ3v) is 7.00. The van der Waals surface area contributed by atoms with E-state index >= 15 is 0 Å². The third-order valence-electron chi connectivity index (χ3n) is 7.00. The zero-order valence-electron chi connectivity index (χ0n) is 19.1. The number of aromatic nitrogens is 1. The minimum absolute atomic E-state index is 0.0192. The van der Waals surface area contributed by atoms with Crippen LogP contribution in [0.15, 0.2) is 66.7 Å². The van der Waals surface area contributed by atoms with E-state index in [2.05, 4.69) is 70.5 Å². The molecular formula is C28H32N4O. The lowest BCUT2D eigenvalue weighted by Crippen LogP contribution is -2.41. The van der Waals surface area contributed by atoms with Crippen molar-refractivity contribution in [3.63, 3.8) is 0 Å². The molecule has 1 unspecified atom stereocenters. The molecule has 5 N–H and O–H groups in total. The maximum atomic E-state index is 13.5. The van der Waals surface area contributed by atoms with Crippen LogP contribution < -0.4 is 16.8 Å². The molecule has 5 heteroatoms. The lowest BCUT2D eigenvalue weighted by Gasteiger charge is -2.27. The summed E-state index contributed by atoms with van der Waals surface area (Å²) in [6.07, 6.45) is 3.79. The van der Waals surface area contributed by atoms with Crippen LogP contribution in [0.3, 0.4) is 0 Å². The maximum absolute atomic E-state index is 13.5. The second-order valence-corrected chi connectivity index (χ2v) is 9.45. The standard InChI is InChI=1S/C28H32N4O/c1-18(29)20-9-10-21-16-27(28(33)31-24-13-11-23(30)12-14-24)32(26(21)15-20)17-22-7-4-6-19-5-2-3-8-25(19)22/h2-10,15-16,18,23-24H,11-14,17,29-30H2,1H3,(H,31,33). The Kier molecular flexibility index (Phi) is 5.92. The zero-order chi connectivity index (χ0) is 22.9. The average molecular weight is 441 g/mol. The van der Waals surface area contributed by atoms with E-state index in [0.29, 0.717) is 12.2 Å². The summed E-state index contributed by atoms with van der Waals surface area (Å²) in [5.41, 5.74) is 16.2. The summed E-state index contributed by atoms with van der Waals surface area (Å²) in [4.78, 5) is 13.5. The van der Waals surface area contributed by atoms with Crippen LogP contribution in [0.25, 0.3) is 21.7 Å². The van der Waals surface area contributed by atoms with E-state index < -0.39 is 0 Å². The number of hydrogen-bond donors (Lipinski definition) is 3. The van der Waals surface area contributed by atoms with Gasteiger partial charge < -0.3 is 21.4 Å². The van der Waals surface area contributed by atoms with Gasteiger partial charge in [-0.25, -0.2) is 0 Å². The number of hydrogen-bond acceptors (Lipinski definition) is 3. The molecule has 0 radical (unpaired) electrons. The van der Waals surface area contributed by atoms with Gasteiger partial charge in [0.15, 0.2) is 0 Å². The molecule has 1 amide bonds. The molecule has 1 aromatic heterocycles. The summed E-state index contributed by atoms with van der Waals surface area (Å²) in [5, 5.41) is 6.74. The predicted octanol–water partition coefficient (Wildman–Crippen LogP) is 4.86. The SMILES string of the molecule is CC(N)c1ccc2cc(C(=O)NC3CCC(N)CC3)n(Cc3cccc4ccccc34)c2c1. The van der Waals surface area contributed by atoms with Gasteiger partial charge in [-0.15, -0.1) is 0 Å². The Balaban J connectivity index is 1.57. The molecule has 1 atom stereocenters. The minimum atomic E-state index is -0.0703. The van der Waals surface area contributed by atoms with Gasteiger partial charge in [-0.3, -0.25) is 4.79 Å². The highest BCUT2D eigenvalue weighted by molar-refractivity contribution is 5.99. The van der Waals surface area contributed by atoms with E-state index in [9.17, 15) is 4.79 Å². The number of carbonyl (C=O) groups is 1. The fourth-order valence-corrected chi connectivity index (χ4v) is 5.04. The van der Waals surface area contributed by atoms with Gasteiger partial charge in [0.25, 0.3) is 5.91 Å². The van der Waals surface area contributed by atoms with E-state index in [1.54, 1.807) is 0 Å². The van der Waals surface area contributed by atoms with Gasteiger partial charge in [0.05, 0.1) is 0 Å². The van der Waals surface area contributed by atoms with Crippen LogP contribution in [-0.2, 0) is 6.54 Å². The predicted molar refractivity (Wildman–Crippen MR) is 135 cm³/mol. The lowest BCUT2D eigenvalue weighted by atomic mass is 9.92. The Bertz CT molecular complexity index is 1290. The average Bonchev–Trinajstić information content (AvgIpc) is 3.18. The summed E-state index contributed by atoms with van der Waals surface area (Å²) in [6, 6.07) is 23.4. The molecule has 1 aliphatic carbocycles. The lowest BCUT2D eigenvalue weighted by molar-refractivity contribution is 0.0917. The first-order chi connectivity index (χ1) is 16.0. The normalized spacial score (nSPS) is 19.6. The molecule has 5 rings (SSSR count). The van der Waals surface area contributed by atoms with Crippen LogP contribution in [0.4, 0.5) is 0 Å². The maximum Gasteiger partial charge on any atom is 0.268 e. The molecule has 0 aliphatic heterocycles. The third kappa shape index (κ3) is 4.39. The molecule has 0 saturated heterocycles. The molecule has 33 heavy (non-hydrogen) atoms. The quantitative estimate of drug-likeness (QED) is 0.414. The van der Waals surface area contributed by atoms with Gasteiger partial charge in [0.2, 0.25) is 0 Å². The van der Waals surface area contributed by atoms with Crippen molar-refractivity contribution in [2.45, 2.75) is 57.3 Å². The topological polar surface area (TPSA) is 86.1 Å². The molecule has 1 fully saturated rings. The molecule has 3 aromatic carbocycles. The van der Waals surface area contributed by atoms with Gasteiger partial charge >= 0.3 is 0 Å². The molecule has 0 bridgehead atoms. The fourth-order valence-electron chi connectivity index (χ4n) is 5.04. The van der Waals surface area contributed by atoms with Crippen molar-refractivity contribution in [2.75, 3.05) is 0 Å². The molecule has 1 aliphatic rings.